The SMILES string of the molecule is CC(CC#N)OC1CCCCC1. The van der Waals surface area contributed by atoms with Gasteiger partial charge in [-0.15, -0.1) is 0 Å². The molecule has 68 valence electrons. The van der Waals surface area contributed by atoms with Crippen LogP contribution in [-0.2, 0) is 4.74 Å². The van der Waals surface area contributed by atoms with E-state index >= 15 is 0 Å². The third-order valence-corrected chi connectivity index (χ3v) is 2.36. The van der Waals surface area contributed by atoms with E-state index in [9.17, 15) is 0 Å². The Morgan fingerprint density at radius 1 is 1.42 bits per heavy atom. The number of ether oxygens (including phenoxy) is 1. The zero-order chi connectivity index (χ0) is 8.81. The second-order valence-corrected chi connectivity index (χ2v) is 3.57. The molecule has 0 aromatic carbocycles. The predicted molar refractivity (Wildman–Crippen MR) is 47.7 cm³/mol. The van der Waals surface area contributed by atoms with Crippen molar-refractivity contribution < 1.29 is 4.74 Å². The van der Waals surface area contributed by atoms with Crippen LogP contribution >= 0.6 is 0 Å². The summed E-state index contributed by atoms with van der Waals surface area (Å²) >= 11 is 0. The molecule has 0 aromatic heterocycles. The summed E-state index contributed by atoms with van der Waals surface area (Å²) in [4.78, 5) is 0. The Morgan fingerprint density at radius 2 is 2.08 bits per heavy atom. The van der Waals surface area contributed by atoms with E-state index in [2.05, 4.69) is 6.07 Å². The molecule has 0 radical (unpaired) electrons. The molecule has 2 nitrogen and oxygen atoms in total. The molecule has 0 bridgehead atoms. The zero-order valence-corrected chi connectivity index (χ0v) is 7.75. The van der Waals surface area contributed by atoms with Crippen LogP contribution in [0.5, 0.6) is 0 Å². The second-order valence-electron chi connectivity index (χ2n) is 3.57. The molecule has 0 aliphatic heterocycles. The lowest BCUT2D eigenvalue weighted by atomic mass is 9.97. The van der Waals surface area contributed by atoms with Gasteiger partial charge < -0.3 is 4.74 Å². The molecule has 0 amide bonds. The van der Waals surface area contributed by atoms with Gasteiger partial charge in [-0.1, -0.05) is 19.3 Å². The first-order valence-electron chi connectivity index (χ1n) is 4.85. The van der Waals surface area contributed by atoms with Crippen molar-refractivity contribution in [3.8, 4) is 6.07 Å². The minimum atomic E-state index is 0.123. The van der Waals surface area contributed by atoms with E-state index < -0.39 is 0 Å². The van der Waals surface area contributed by atoms with E-state index in [4.69, 9.17) is 10.00 Å². The Morgan fingerprint density at radius 3 is 2.67 bits per heavy atom. The normalized spacial score (nSPS) is 21.7. The van der Waals surface area contributed by atoms with Crippen LogP contribution in [0.15, 0.2) is 0 Å². The highest BCUT2D eigenvalue weighted by Crippen LogP contribution is 2.21. The third kappa shape index (κ3) is 3.23. The zero-order valence-electron chi connectivity index (χ0n) is 7.75. The molecular weight excluding hydrogens is 150 g/mol. The van der Waals surface area contributed by atoms with Gasteiger partial charge >= 0.3 is 0 Å². The van der Waals surface area contributed by atoms with Gasteiger partial charge in [0.2, 0.25) is 0 Å². The van der Waals surface area contributed by atoms with Crippen LogP contribution in [-0.4, -0.2) is 12.2 Å². The molecule has 1 saturated carbocycles. The molecular formula is C10H17NO. The van der Waals surface area contributed by atoms with Gasteiger partial charge in [0.15, 0.2) is 0 Å². The minimum Gasteiger partial charge on any atom is -0.374 e. The standard InChI is InChI=1S/C10H17NO/c1-9(7-8-11)12-10-5-3-2-4-6-10/h9-10H,2-7H2,1H3. The summed E-state index contributed by atoms with van der Waals surface area (Å²) in [6.45, 7) is 1.98. The molecule has 1 atom stereocenters. The van der Waals surface area contributed by atoms with Crippen molar-refractivity contribution in [2.24, 2.45) is 0 Å². The van der Waals surface area contributed by atoms with E-state index in [1.54, 1.807) is 0 Å². The van der Waals surface area contributed by atoms with E-state index in [0.29, 0.717) is 12.5 Å². The van der Waals surface area contributed by atoms with Crippen LogP contribution in [0, 0.1) is 11.3 Å². The molecule has 0 heterocycles. The van der Waals surface area contributed by atoms with Crippen LogP contribution < -0.4 is 0 Å². The third-order valence-electron chi connectivity index (χ3n) is 2.36. The van der Waals surface area contributed by atoms with Crippen LogP contribution in [0.4, 0.5) is 0 Å². The van der Waals surface area contributed by atoms with Crippen molar-refractivity contribution >= 4 is 0 Å². The maximum Gasteiger partial charge on any atom is 0.0680 e. The summed E-state index contributed by atoms with van der Waals surface area (Å²) in [6, 6.07) is 2.13. The summed E-state index contributed by atoms with van der Waals surface area (Å²) < 4.78 is 5.71. The molecule has 1 aliphatic carbocycles. The fraction of sp³-hybridized carbons (Fsp3) is 0.900. The average Bonchev–Trinajstić information content (AvgIpc) is 2.06. The van der Waals surface area contributed by atoms with Gasteiger partial charge in [0.25, 0.3) is 0 Å². The number of rotatable bonds is 3. The fourth-order valence-corrected chi connectivity index (χ4v) is 1.71. The second kappa shape index (κ2) is 5.16. The Kier molecular flexibility index (Phi) is 4.10. The molecule has 0 N–H and O–H groups in total. The maximum absolute atomic E-state index is 8.44. The predicted octanol–water partition coefficient (Wildman–Crippen LogP) is 2.64. The van der Waals surface area contributed by atoms with Gasteiger partial charge in [0, 0.05) is 0 Å². The van der Waals surface area contributed by atoms with Crippen molar-refractivity contribution in [1.29, 1.82) is 5.26 Å². The molecule has 2 heteroatoms. The first-order chi connectivity index (χ1) is 5.83. The van der Waals surface area contributed by atoms with Crippen molar-refractivity contribution in [1.82, 2.24) is 0 Å². The number of nitrogens with zero attached hydrogens (tertiary/aromatic N) is 1. The van der Waals surface area contributed by atoms with Crippen LogP contribution in [0.2, 0.25) is 0 Å². The lowest BCUT2D eigenvalue weighted by Crippen LogP contribution is -2.21. The van der Waals surface area contributed by atoms with E-state index in [1.165, 1.54) is 32.1 Å². The van der Waals surface area contributed by atoms with Crippen molar-refractivity contribution in [2.75, 3.05) is 0 Å². The lowest BCUT2D eigenvalue weighted by molar-refractivity contribution is -0.0183. The molecule has 1 fully saturated rings. The van der Waals surface area contributed by atoms with Crippen LogP contribution in [0.3, 0.4) is 0 Å². The number of hydrogen-bond donors (Lipinski definition) is 0. The van der Waals surface area contributed by atoms with Gasteiger partial charge in [0.1, 0.15) is 0 Å². The number of nitriles is 1. The molecule has 1 rings (SSSR count). The molecule has 0 aromatic rings. The Hall–Kier alpha value is -0.550. The van der Waals surface area contributed by atoms with Gasteiger partial charge in [-0.2, -0.15) is 5.26 Å². The highest BCUT2D eigenvalue weighted by molar-refractivity contribution is 4.75. The summed E-state index contributed by atoms with van der Waals surface area (Å²) in [5.74, 6) is 0. The first kappa shape index (κ1) is 9.54. The highest BCUT2D eigenvalue weighted by Gasteiger charge is 2.16. The molecule has 1 aliphatic rings. The quantitative estimate of drug-likeness (QED) is 0.647. The van der Waals surface area contributed by atoms with Gasteiger partial charge in [0.05, 0.1) is 24.7 Å². The van der Waals surface area contributed by atoms with Crippen molar-refractivity contribution in [3.63, 3.8) is 0 Å². The van der Waals surface area contributed by atoms with Gasteiger partial charge in [-0.25, -0.2) is 0 Å². The van der Waals surface area contributed by atoms with Crippen molar-refractivity contribution in [3.05, 3.63) is 0 Å². The van der Waals surface area contributed by atoms with Crippen LogP contribution in [0.25, 0.3) is 0 Å². The van der Waals surface area contributed by atoms with E-state index in [-0.39, 0.29) is 6.10 Å². The highest BCUT2D eigenvalue weighted by atomic mass is 16.5. The maximum atomic E-state index is 8.44. The molecule has 0 saturated heterocycles. The molecule has 1 unspecified atom stereocenters. The lowest BCUT2D eigenvalue weighted by Gasteiger charge is -2.24. The summed E-state index contributed by atoms with van der Waals surface area (Å²) in [5.41, 5.74) is 0. The van der Waals surface area contributed by atoms with Gasteiger partial charge in [-0.05, 0) is 19.8 Å². The summed E-state index contributed by atoms with van der Waals surface area (Å²) in [5, 5.41) is 8.44. The largest absolute Gasteiger partial charge is 0.374 e. The van der Waals surface area contributed by atoms with E-state index in [0.717, 1.165) is 0 Å². The first-order valence-corrected chi connectivity index (χ1v) is 4.85. The summed E-state index contributed by atoms with van der Waals surface area (Å²) in [7, 11) is 0. The average molecular weight is 167 g/mol. The molecule has 0 spiro atoms. The summed E-state index contributed by atoms with van der Waals surface area (Å²) in [6.07, 6.45) is 7.41. The Bertz CT molecular complexity index is 156. The van der Waals surface area contributed by atoms with Crippen molar-refractivity contribution in [2.45, 2.75) is 57.7 Å². The topological polar surface area (TPSA) is 33.0 Å². The van der Waals surface area contributed by atoms with Gasteiger partial charge in [-0.3, -0.25) is 0 Å². The fourth-order valence-electron chi connectivity index (χ4n) is 1.71. The Labute approximate surface area is 74.5 Å². The molecule has 12 heavy (non-hydrogen) atoms. The Balaban J connectivity index is 2.16. The monoisotopic (exact) mass is 167 g/mol. The minimum absolute atomic E-state index is 0.123. The van der Waals surface area contributed by atoms with Crippen LogP contribution in [0.1, 0.15) is 45.4 Å². The smallest absolute Gasteiger partial charge is 0.0680 e. The van der Waals surface area contributed by atoms with E-state index in [1.807, 2.05) is 6.92 Å². The number of hydrogen-bond acceptors (Lipinski definition) is 2.